The molecule has 1 amide bonds. The molecule has 0 fully saturated rings. The van der Waals surface area contributed by atoms with Gasteiger partial charge in [-0.15, -0.1) is 11.3 Å². The van der Waals surface area contributed by atoms with Crippen molar-refractivity contribution in [3.63, 3.8) is 0 Å². The molecule has 0 spiro atoms. The molecular weight excluding hydrogens is 277 g/mol. The Morgan fingerprint density at radius 1 is 1.30 bits per heavy atom. The largest absolute Gasteiger partial charge is 0.350 e. The number of thiazole rings is 1. The van der Waals surface area contributed by atoms with Crippen LogP contribution < -0.4 is 10.6 Å². The molecule has 2 rings (SSSR count). The van der Waals surface area contributed by atoms with E-state index in [1.807, 2.05) is 7.05 Å². The molecule has 4 nitrogen and oxygen atoms in total. The van der Waals surface area contributed by atoms with E-state index in [4.69, 9.17) is 0 Å². The van der Waals surface area contributed by atoms with E-state index in [-0.39, 0.29) is 11.7 Å². The van der Waals surface area contributed by atoms with Crippen LogP contribution in [0.5, 0.6) is 0 Å². The number of carbonyl (C=O) groups excluding carboxylic acids is 1. The molecule has 2 N–H and O–H groups in total. The molecule has 0 aliphatic heterocycles. The van der Waals surface area contributed by atoms with Crippen molar-refractivity contribution in [2.75, 3.05) is 20.1 Å². The summed E-state index contributed by atoms with van der Waals surface area (Å²) in [5.74, 6) is -0.407. The van der Waals surface area contributed by atoms with Gasteiger partial charge in [0.2, 0.25) is 0 Å². The summed E-state index contributed by atoms with van der Waals surface area (Å²) in [6, 6.07) is 6.10. The van der Waals surface area contributed by atoms with Crippen molar-refractivity contribution in [3.05, 3.63) is 40.7 Å². The van der Waals surface area contributed by atoms with Crippen molar-refractivity contribution in [3.8, 4) is 10.6 Å². The van der Waals surface area contributed by atoms with E-state index < -0.39 is 0 Å². The zero-order chi connectivity index (χ0) is 14.5. The minimum absolute atomic E-state index is 0.122. The summed E-state index contributed by atoms with van der Waals surface area (Å²) in [4.78, 5) is 17.0. The van der Waals surface area contributed by atoms with E-state index in [1.165, 1.54) is 23.5 Å². The van der Waals surface area contributed by atoms with Gasteiger partial charge < -0.3 is 10.6 Å². The van der Waals surface area contributed by atoms with Crippen molar-refractivity contribution < 1.29 is 9.18 Å². The van der Waals surface area contributed by atoms with Crippen LogP contribution in [-0.4, -0.2) is 31.0 Å². The average Bonchev–Trinajstić information content (AvgIpc) is 2.82. The number of carbonyl (C=O) groups is 1. The highest BCUT2D eigenvalue weighted by atomic mass is 32.1. The highest BCUT2D eigenvalue weighted by molar-refractivity contribution is 7.17. The maximum atomic E-state index is 12.9. The molecule has 0 unspecified atom stereocenters. The quantitative estimate of drug-likeness (QED) is 0.831. The smallest absolute Gasteiger partial charge is 0.263 e. The molecule has 0 radical (unpaired) electrons. The first-order chi connectivity index (χ1) is 9.61. The van der Waals surface area contributed by atoms with E-state index in [1.54, 1.807) is 19.1 Å². The van der Waals surface area contributed by atoms with Gasteiger partial charge >= 0.3 is 0 Å². The van der Waals surface area contributed by atoms with Crippen LogP contribution in [0, 0.1) is 12.7 Å². The Morgan fingerprint density at radius 3 is 2.65 bits per heavy atom. The van der Waals surface area contributed by atoms with Gasteiger partial charge in [0.05, 0.1) is 5.69 Å². The number of likely N-dealkylation sites (N-methyl/N-ethyl adjacent to an activating group) is 1. The first-order valence-corrected chi connectivity index (χ1v) is 7.09. The number of aryl methyl sites for hydroxylation is 1. The summed E-state index contributed by atoms with van der Waals surface area (Å²) in [6.07, 6.45) is 0. The third-order valence-corrected chi connectivity index (χ3v) is 3.96. The number of hydrogen-bond donors (Lipinski definition) is 2. The van der Waals surface area contributed by atoms with Gasteiger partial charge in [0, 0.05) is 18.7 Å². The predicted molar refractivity (Wildman–Crippen MR) is 78.5 cm³/mol. The number of aromatic nitrogens is 1. The molecular formula is C14H16FN3OS. The van der Waals surface area contributed by atoms with Crippen LogP contribution >= 0.6 is 11.3 Å². The molecule has 1 aromatic heterocycles. The topological polar surface area (TPSA) is 54.0 Å². The van der Waals surface area contributed by atoms with Gasteiger partial charge in [-0.25, -0.2) is 9.37 Å². The lowest BCUT2D eigenvalue weighted by molar-refractivity contribution is 0.0957. The van der Waals surface area contributed by atoms with Crippen LogP contribution in [0.3, 0.4) is 0 Å². The maximum absolute atomic E-state index is 12.9. The molecule has 1 heterocycles. The van der Waals surface area contributed by atoms with Crippen molar-refractivity contribution in [1.82, 2.24) is 15.6 Å². The van der Waals surface area contributed by atoms with Crippen LogP contribution in [0.1, 0.15) is 15.4 Å². The second kappa shape index (κ2) is 6.58. The van der Waals surface area contributed by atoms with E-state index in [2.05, 4.69) is 15.6 Å². The van der Waals surface area contributed by atoms with Crippen LogP contribution in [0.25, 0.3) is 10.6 Å². The fourth-order valence-electron chi connectivity index (χ4n) is 1.70. The SMILES string of the molecule is CNCCNC(=O)c1sc(-c2ccc(F)cc2)nc1C. The van der Waals surface area contributed by atoms with Crippen LogP contribution in [0.15, 0.2) is 24.3 Å². The van der Waals surface area contributed by atoms with E-state index >= 15 is 0 Å². The molecule has 0 atom stereocenters. The number of nitrogens with one attached hydrogen (secondary N) is 2. The standard InChI is InChI=1S/C14H16FN3OS/c1-9-12(13(19)17-8-7-16-2)20-14(18-9)10-3-5-11(15)6-4-10/h3-6,16H,7-8H2,1-2H3,(H,17,19). The molecule has 0 aliphatic rings. The number of benzene rings is 1. The van der Waals surface area contributed by atoms with Gasteiger partial charge in [0.1, 0.15) is 15.7 Å². The summed E-state index contributed by atoms with van der Waals surface area (Å²) in [5, 5.41) is 6.51. The van der Waals surface area contributed by atoms with Crippen LogP contribution in [0.4, 0.5) is 4.39 Å². The maximum Gasteiger partial charge on any atom is 0.263 e. The summed E-state index contributed by atoms with van der Waals surface area (Å²) < 4.78 is 12.9. The van der Waals surface area contributed by atoms with Gasteiger partial charge in [-0.05, 0) is 38.2 Å². The summed E-state index contributed by atoms with van der Waals surface area (Å²) in [6.45, 7) is 3.09. The highest BCUT2D eigenvalue weighted by Crippen LogP contribution is 2.27. The van der Waals surface area contributed by atoms with Crippen molar-refractivity contribution in [2.24, 2.45) is 0 Å². The van der Waals surface area contributed by atoms with Gasteiger partial charge in [0.25, 0.3) is 5.91 Å². The van der Waals surface area contributed by atoms with Gasteiger partial charge in [-0.3, -0.25) is 4.79 Å². The van der Waals surface area contributed by atoms with E-state index in [0.717, 1.165) is 10.6 Å². The number of rotatable bonds is 5. The molecule has 0 bridgehead atoms. The van der Waals surface area contributed by atoms with Gasteiger partial charge in [0.15, 0.2) is 0 Å². The summed E-state index contributed by atoms with van der Waals surface area (Å²) in [7, 11) is 1.83. The minimum atomic E-state index is -0.285. The normalized spacial score (nSPS) is 10.6. The second-order valence-electron chi connectivity index (χ2n) is 4.30. The Hall–Kier alpha value is -1.79. The van der Waals surface area contributed by atoms with Crippen molar-refractivity contribution in [1.29, 1.82) is 0 Å². The van der Waals surface area contributed by atoms with Gasteiger partial charge in [-0.1, -0.05) is 0 Å². The summed E-state index contributed by atoms with van der Waals surface area (Å²) >= 11 is 1.32. The Labute approximate surface area is 121 Å². The third-order valence-electron chi connectivity index (χ3n) is 2.75. The first-order valence-electron chi connectivity index (χ1n) is 6.28. The molecule has 20 heavy (non-hydrogen) atoms. The highest BCUT2D eigenvalue weighted by Gasteiger charge is 2.15. The number of halogens is 1. The number of amides is 1. The number of nitrogens with zero attached hydrogens (tertiary/aromatic N) is 1. The molecule has 0 saturated carbocycles. The van der Waals surface area contributed by atoms with E-state index in [0.29, 0.717) is 23.7 Å². The molecule has 2 aromatic rings. The minimum Gasteiger partial charge on any atom is -0.350 e. The molecule has 0 saturated heterocycles. The Balaban J connectivity index is 2.16. The third kappa shape index (κ3) is 3.40. The monoisotopic (exact) mass is 293 g/mol. The lowest BCUT2D eigenvalue weighted by atomic mass is 10.2. The predicted octanol–water partition coefficient (Wildman–Crippen LogP) is 2.21. The zero-order valence-corrected chi connectivity index (χ0v) is 12.2. The zero-order valence-electron chi connectivity index (χ0n) is 11.4. The van der Waals surface area contributed by atoms with Crippen LogP contribution in [-0.2, 0) is 0 Å². The second-order valence-corrected chi connectivity index (χ2v) is 5.30. The molecule has 6 heteroatoms. The summed E-state index contributed by atoms with van der Waals surface area (Å²) in [5.41, 5.74) is 1.50. The van der Waals surface area contributed by atoms with E-state index in [9.17, 15) is 9.18 Å². The average molecular weight is 293 g/mol. The molecule has 0 aliphatic carbocycles. The van der Waals surface area contributed by atoms with Crippen molar-refractivity contribution >= 4 is 17.2 Å². The Bertz CT molecular complexity index is 595. The lowest BCUT2D eigenvalue weighted by Crippen LogP contribution is -2.30. The fourth-order valence-corrected chi connectivity index (χ4v) is 2.69. The Kier molecular flexibility index (Phi) is 4.81. The van der Waals surface area contributed by atoms with Crippen molar-refractivity contribution in [2.45, 2.75) is 6.92 Å². The molecule has 106 valence electrons. The Morgan fingerprint density at radius 2 is 2.00 bits per heavy atom. The van der Waals surface area contributed by atoms with Crippen LogP contribution in [0.2, 0.25) is 0 Å². The molecule has 1 aromatic carbocycles. The fraction of sp³-hybridized carbons (Fsp3) is 0.286. The van der Waals surface area contributed by atoms with Gasteiger partial charge in [-0.2, -0.15) is 0 Å². The lowest BCUT2D eigenvalue weighted by Gasteiger charge is -2.02. The number of hydrogen-bond acceptors (Lipinski definition) is 4. The first kappa shape index (κ1) is 14.6.